The molecule has 0 saturated heterocycles. The smallest absolute Gasteiger partial charge is 0.318 e. The number of hydrogen-bond donors (Lipinski definition) is 1. The summed E-state index contributed by atoms with van der Waals surface area (Å²) in [6, 6.07) is 6.76. The van der Waals surface area contributed by atoms with E-state index >= 15 is 0 Å². The average Bonchev–Trinajstić information content (AvgIpc) is 2.38. The van der Waals surface area contributed by atoms with Crippen LogP contribution in [0, 0.1) is 11.8 Å². The first-order valence-corrected chi connectivity index (χ1v) is 7.46. The summed E-state index contributed by atoms with van der Waals surface area (Å²) in [5, 5.41) is 10.5. The van der Waals surface area contributed by atoms with Crippen LogP contribution in [0.3, 0.4) is 0 Å². The molecule has 2 unspecified atom stereocenters. The van der Waals surface area contributed by atoms with Gasteiger partial charge in [0.1, 0.15) is 11.5 Å². The molecule has 1 N–H and O–H groups in total. The number of benzene rings is 1. The first-order chi connectivity index (χ1) is 10.2. The third kappa shape index (κ3) is 4.50. The fraction of sp³-hybridized carbons (Fsp3) is 0.588. The van der Waals surface area contributed by atoms with Crippen molar-refractivity contribution in [2.75, 3.05) is 6.61 Å². The fourth-order valence-electron chi connectivity index (χ4n) is 2.44. The molecule has 0 heterocycles. The maximum atomic E-state index is 13.2. The van der Waals surface area contributed by atoms with Crippen LogP contribution in [-0.4, -0.2) is 24.1 Å². The van der Waals surface area contributed by atoms with Gasteiger partial charge in [-0.1, -0.05) is 38.1 Å². The highest BCUT2D eigenvalue weighted by atomic mass is 19.3. The van der Waals surface area contributed by atoms with Crippen LogP contribution in [0.4, 0.5) is 8.78 Å². The van der Waals surface area contributed by atoms with Gasteiger partial charge in [0.15, 0.2) is 0 Å². The van der Waals surface area contributed by atoms with E-state index in [0.717, 1.165) is 12.0 Å². The monoisotopic (exact) mass is 314 g/mol. The van der Waals surface area contributed by atoms with E-state index in [1.165, 1.54) is 13.8 Å². The van der Waals surface area contributed by atoms with Crippen LogP contribution in [0.1, 0.15) is 38.8 Å². The van der Waals surface area contributed by atoms with Crippen molar-refractivity contribution in [2.45, 2.75) is 46.1 Å². The van der Waals surface area contributed by atoms with Crippen molar-refractivity contribution >= 4 is 5.97 Å². The Bertz CT molecular complexity index is 481. The zero-order chi connectivity index (χ0) is 16.9. The summed E-state index contributed by atoms with van der Waals surface area (Å²) in [6.07, 6.45) is -2.15. The molecule has 0 saturated carbocycles. The van der Waals surface area contributed by atoms with Gasteiger partial charge in [0.05, 0.1) is 6.61 Å². The van der Waals surface area contributed by atoms with E-state index < -0.39 is 23.9 Å². The third-order valence-corrected chi connectivity index (χ3v) is 3.58. The number of rotatable bonds is 7. The quantitative estimate of drug-likeness (QED) is 0.783. The van der Waals surface area contributed by atoms with Crippen molar-refractivity contribution < 1.29 is 23.4 Å². The Morgan fingerprint density at radius 3 is 2.23 bits per heavy atom. The highest BCUT2D eigenvalue weighted by molar-refractivity contribution is 5.74. The summed E-state index contributed by atoms with van der Waals surface area (Å²) < 4.78 is 31.2. The molecular weight excluding hydrogens is 290 g/mol. The van der Waals surface area contributed by atoms with E-state index in [2.05, 4.69) is 18.6 Å². The Hall–Kier alpha value is -1.49. The molecule has 1 aromatic carbocycles. The van der Waals surface area contributed by atoms with Gasteiger partial charge < -0.3 is 9.84 Å². The summed E-state index contributed by atoms with van der Waals surface area (Å²) in [5.74, 6) is -2.53. The third-order valence-electron chi connectivity index (χ3n) is 3.58. The summed E-state index contributed by atoms with van der Waals surface area (Å²) >= 11 is 0. The van der Waals surface area contributed by atoms with Crippen LogP contribution >= 0.6 is 0 Å². The van der Waals surface area contributed by atoms with E-state index in [1.54, 1.807) is 24.3 Å². The Kier molecular flexibility index (Phi) is 6.48. The number of hydrogen-bond acceptors (Lipinski definition) is 3. The number of aliphatic hydroxyl groups is 1. The molecule has 0 spiro atoms. The molecule has 0 radical (unpaired) electrons. The van der Waals surface area contributed by atoms with Gasteiger partial charge in [0, 0.05) is 0 Å². The van der Waals surface area contributed by atoms with Gasteiger partial charge in [-0.15, -0.1) is 0 Å². The van der Waals surface area contributed by atoms with Crippen molar-refractivity contribution in [3.05, 3.63) is 35.4 Å². The molecule has 5 heteroatoms. The molecule has 1 rings (SSSR count). The molecule has 1 aromatic rings. The average molecular weight is 314 g/mol. The van der Waals surface area contributed by atoms with E-state index in [1.807, 2.05) is 0 Å². The molecule has 0 amide bonds. The molecule has 0 aromatic heterocycles. The van der Waals surface area contributed by atoms with E-state index in [-0.39, 0.29) is 12.2 Å². The highest BCUT2D eigenvalue weighted by Gasteiger charge is 2.46. The molecule has 2 atom stereocenters. The Morgan fingerprint density at radius 2 is 1.82 bits per heavy atom. The normalized spacial score (nSPS) is 15.7. The van der Waals surface area contributed by atoms with Crippen LogP contribution in [0.25, 0.3) is 0 Å². The second-order valence-corrected chi connectivity index (χ2v) is 6.01. The van der Waals surface area contributed by atoms with Gasteiger partial charge in [-0.3, -0.25) is 4.79 Å². The van der Waals surface area contributed by atoms with Crippen LogP contribution in [-0.2, 0) is 21.6 Å². The van der Waals surface area contributed by atoms with E-state index in [9.17, 15) is 18.7 Å². The van der Waals surface area contributed by atoms with Crippen LogP contribution < -0.4 is 0 Å². The van der Waals surface area contributed by atoms with E-state index in [0.29, 0.717) is 5.92 Å². The van der Waals surface area contributed by atoms with Crippen LogP contribution in [0.2, 0.25) is 0 Å². The molecule has 0 aliphatic carbocycles. The highest BCUT2D eigenvalue weighted by Crippen LogP contribution is 2.34. The van der Waals surface area contributed by atoms with Gasteiger partial charge in [0.25, 0.3) is 6.43 Å². The minimum absolute atomic E-state index is 0.00847. The van der Waals surface area contributed by atoms with Crippen molar-refractivity contribution in [3.8, 4) is 0 Å². The zero-order valence-electron chi connectivity index (χ0n) is 13.5. The van der Waals surface area contributed by atoms with Crippen molar-refractivity contribution in [2.24, 2.45) is 11.8 Å². The van der Waals surface area contributed by atoms with E-state index in [4.69, 9.17) is 0 Å². The Labute approximate surface area is 130 Å². The van der Waals surface area contributed by atoms with Gasteiger partial charge >= 0.3 is 5.97 Å². The lowest BCUT2D eigenvalue weighted by Gasteiger charge is -2.31. The molecule has 0 aliphatic heterocycles. The molecule has 0 aliphatic rings. The molecule has 0 bridgehead atoms. The minimum Gasteiger partial charge on any atom is -0.466 e. The standard InChI is InChI=1S/C17H24F2O3/c1-5-22-16(20)14(15(18)19)17(4,21)13-8-6-12(7-9-13)10-11(2)3/h6-9,11,14-15,21H,5,10H2,1-4H3. The topological polar surface area (TPSA) is 46.5 Å². The predicted molar refractivity (Wildman–Crippen MR) is 80.7 cm³/mol. The summed E-state index contributed by atoms with van der Waals surface area (Å²) in [5.41, 5.74) is -0.658. The maximum absolute atomic E-state index is 13.2. The van der Waals surface area contributed by atoms with Crippen LogP contribution in [0.15, 0.2) is 24.3 Å². The lowest BCUT2D eigenvalue weighted by molar-refractivity contribution is -0.169. The summed E-state index contributed by atoms with van der Waals surface area (Å²) in [6.45, 7) is 6.91. The summed E-state index contributed by atoms with van der Waals surface area (Å²) in [4.78, 5) is 11.8. The van der Waals surface area contributed by atoms with Crippen molar-refractivity contribution in [3.63, 3.8) is 0 Å². The Balaban J connectivity index is 3.06. The second-order valence-electron chi connectivity index (χ2n) is 6.01. The second kappa shape index (κ2) is 7.68. The SMILES string of the molecule is CCOC(=O)C(C(F)F)C(C)(O)c1ccc(CC(C)C)cc1. The number of carbonyl (C=O) groups is 1. The number of esters is 1. The van der Waals surface area contributed by atoms with Crippen molar-refractivity contribution in [1.82, 2.24) is 0 Å². The zero-order valence-corrected chi connectivity index (χ0v) is 13.5. The number of carbonyl (C=O) groups excluding carboxylic acids is 1. The number of halogens is 2. The maximum Gasteiger partial charge on any atom is 0.318 e. The lowest BCUT2D eigenvalue weighted by atomic mass is 9.82. The molecule has 124 valence electrons. The number of alkyl halides is 2. The molecule has 3 nitrogen and oxygen atoms in total. The molecular formula is C17H24F2O3. The van der Waals surface area contributed by atoms with Gasteiger partial charge in [-0.2, -0.15) is 0 Å². The predicted octanol–water partition coefficient (Wildman–Crippen LogP) is 3.54. The summed E-state index contributed by atoms with van der Waals surface area (Å²) in [7, 11) is 0. The van der Waals surface area contributed by atoms with Gasteiger partial charge in [-0.25, -0.2) is 8.78 Å². The lowest BCUT2D eigenvalue weighted by Crippen LogP contribution is -2.42. The first-order valence-electron chi connectivity index (χ1n) is 7.46. The largest absolute Gasteiger partial charge is 0.466 e. The molecule has 22 heavy (non-hydrogen) atoms. The number of ether oxygens (including phenoxy) is 1. The molecule has 0 fully saturated rings. The Morgan fingerprint density at radius 1 is 1.27 bits per heavy atom. The van der Waals surface area contributed by atoms with Crippen LogP contribution in [0.5, 0.6) is 0 Å². The minimum atomic E-state index is -3.01. The van der Waals surface area contributed by atoms with Gasteiger partial charge in [-0.05, 0) is 37.3 Å². The van der Waals surface area contributed by atoms with Gasteiger partial charge in [0.2, 0.25) is 0 Å². The van der Waals surface area contributed by atoms with Crippen molar-refractivity contribution in [1.29, 1.82) is 0 Å². The fourth-order valence-corrected chi connectivity index (χ4v) is 2.44. The first kappa shape index (κ1) is 18.6.